The molecule has 0 amide bonds. The molecule has 4 aromatic heterocycles. The van der Waals surface area contributed by atoms with Crippen molar-refractivity contribution in [3.05, 3.63) is 194 Å². The molecule has 0 N–H and O–H groups in total. The summed E-state index contributed by atoms with van der Waals surface area (Å²) in [4.78, 5) is 20.2. The van der Waals surface area contributed by atoms with Crippen LogP contribution in [-0.4, -0.2) is 29.1 Å². The average molecular weight is 719 g/mol. The van der Waals surface area contributed by atoms with E-state index in [0.717, 1.165) is 57.6 Å². The fraction of sp³-hybridized carbons (Fsp3) is 0.0400. The highest BCUT2D eigenvalue weighted by molar-refractivity contribution is 6.19. The van der Waals surface area contributed by atoms with Gasteiger partial charge in [-0.1, -0.05) is 127 Å². The van der Waals surface area contributed by atoms with Gasteiger partial charge in [0.25, 0.3) is 0 Å². The maximum atomic E-state index is 5.12. The van der Waals surface area contributed by atoms with E-state index in [1.165, 1.54) is 38.2 Å². The lowest BCUT2D eigenvalue weighted by molar-refractivity contribution is 0.982. The van der Waals surface area contributed by atoms with E-state index in [-0.39, 0.29) is 0 Å². The topological polar surface area (TPSA) is 61.4 Å². The van der Waals surface area contributed by atoms with Gasteiger partial charge in [-0.2, -0.15) is 0 Å². The Kier molecular flexibility index (Phi) is 7.52. The minimum absolute atomic E-state index is 0.600. The zero-order valence-corrected chi connectivity index (χ0v) is 30.4. The van der Waals surface area contributed by atoms with Crippen molar-refractivity contribution in [3.8, 4) is 34.3 Å². The maximum Gasteiger partial charge on any atom is 0.165 e. The Labute approximate surface area is 323 Å². The van der Waals surface area contributed by atoms with Crippen molar-refractivity contribution >= 4 is 54.8 Å². The molecule has 0 saturated heterocycles. The zero-order chi connectivity index (χ0) is 37.0. The molecule has 0 radical (unpaired) electrons. The van der Waals surface area contributed by atoms with Crippen molar-refractivity contribution in [1.29, 1.82) is 0 Å². The molecule has 6 heteroatoms. The number of aromatic nitrogens is 6. The second-order valence-corrected chi connectivity index (χ2v) is 14.3. The van der Waals surface area contributed by atoms with Crippen LogP contribution in [0.15, 0.2) is 182 Å². The first-order valence-corrected chi connectivity index (χ1v) is 19.0. The van der Waals surface area contributed by atoms with Gasteiger partial charge in [0.1, 0.15) is 5.82 Å². The van der Waals surface area contributed by atoms with Crippen LogP contribution in [0.3, 0.4) is 0 Å². The molecule has 0 spiro atoms. The Hall–Kier alpha value is -7.44. The minimum Gasteiger partial charge on any atom is -0.309 e. The first-order chi connectivity index (χ1) is 27.8. The Morgan fingerprint density at radius 1 is 0.375 bits per heavy atom. The van der Waals surface area contributed by atoms with Crippen LogP contribution in [-0.2, 0) is 0 Å². The Bertz CT molecular complexity index is 3160. The molecular formula is C50H34N6. The van der Waals surface area contributed by atoms with Gasteiger partial charge in [-0.3, -0.25) is 4.57 Å². The van der Waals surface area contributed by atoms with Gasteiger partial charge >= 0.3 is 0 Å². The van der Waals surface area contributed by atoms with E-state index < -0.39 is 0 Å². The molecule has 6 aromatic carbocycles. The summed E-state index contributed by atoms with van der Waals surface area (Å²) < 4.78 is 4.64. The molecule has 1 aliphatic carbocycles. The number of pyridine rings is 1. The summed E-state index contributed by atoms with van der Waals surface area (Å²) in [5.74, 6) is 2.77. The van der Waals surface area contributed by atoms with E-state index in [1.807, 2.05) is 36.5 Å². The molecule has 1 aliphatic rings. The molecular weight excluding hydrogens is 685 g/mol. The van der Waals surface area contributed by atoms with E-state index in [2.05, 4.69) is 155 Å². The highest BCUT2D eigenvalue weighted by Crippen LogP contribution is 2.39. The van der Waals surface area contributed by atoms with Crippen molar-refractivity contribution in [2.24, 2.45) is 0 Å². The third kappa shape index (κ3) is 5.34. The second kappa shape index (κ2) is 13.1. The zero-order valence-electron chi connectivity index (χ0n) is 30.4. The van der Waals surface area contributed by atoms with Gasteiger partial charge < -0.3 is 4.57 Å². The van der Waals surface area contributed by atoms with Crippen molar-refractivity contribution in [3.63, 3.8) is 0 Å². The molecule has 0 fully saturated rings. The molecule has 0 unspecified atom stereocenters. The van der Waals surface area contributed by atoms with Gasteiger partial charge in [0.15, 0.2) is 17.5 Å². The number of fused-ring (bicyclic) bond motifs is 6. The highest BCUT2D eigenvalue weighted by atomic mass is 15.1. The third-order valence-corrected chi connectivity index (χ3v) is 11.0. The fourth-order valence-electron chi connectivity index (χ4n) is 8.26. The summed E-state index contributed by atoms with van der Waals surface area (Å²) in [7, 11) is 0. The van der Waals surface area contributed by atoms with Crippen LogP contribution in [0, 0.1) is 0 Å². The van der Waals surface area contributed by atoms with Crippen LogP contribution in [0.4, 0.5) is 0 Å². The lowest BCUT2D eigenvalue weighted by Gasteiger charge is -2.15. The maximum absolute atomic E-state index is 5.12. The summed E-state index contributed by atoms with van der Waals surface area (Å²) in [5.41, 5.74) is 11.1. The van der Waals surface area contributed by atoms with Crippen molar-refractivity contribution < 1.29 is 0 Å². The number of para-hydroxylation sites is 3. The van der Waals surface area contributed by atoms with Crippen LogP contribution in [0.5, 0.6) is 0 Å². The predicted molar refractivity (Wildman–Crippen MR) is 229 cm³/mol. The van der Waals surface area contributed by atoms with E-state index >= 15 is 0 Å². The highest BCUT2D eigenvalue weighted by Gasteiger charge is 2.20. The molecule has 10 aromatic rings. The number of hydrogen-bond donors (Lipinski definition) is 0. The Morgan fingerprint density at radius 3 is 1.55 bits per heavy atom. The van der Waals surface area contributed by atoms with Gasteiger partial charge in [0, 0.05) is 44.6 Å². The predicted octanol–water partition coefficient (Wildman–Crippen LogP) is 12.1. The Morgan fingerprint density at radius 2 is 0.911 bits per heavy atom. The largest absolute Gasteiger partial charge is 0.309 e. The van der Waals surface area contributed by atoms with Crippen molar-refractivity contribution in [1.82, 2.24) is 29.1 Å². The summed E-state index contributed by atoms with van der Waals surface area (Å²) in [6, 6.07) is 57.4. The molecule has 0 bridgehead atoms. The first kappa shape index (κ1) is 32.0. The van der Waals surface area contributed by atoms with Crippen molar-refractivity contribution in [2.45, 2.75) is 12.8 Å². The molecule has 264 valence electrons. The van der Waals surface area contributed by atoms with Gasteiger partial charge in [-0.25, -0.2) is 19.9 Å². The Balaban J connectivity index is 1.05. The summed E-state index contributed by atoms with van der Waals surface area (Å²) >= 11 is 0. The molecule has 0 saturated carbocycles. The average Bonchev–Trinajstić information content (AvgIpc) is 3.78. The van der Waals surface area contributed by atoms with Gasteiger partial charge in [-0.15, -0.1) is 0 Å². The number of nitrogens with zero attached hydrogens (tertiary/aromatic N) is 6. The molecule has 6 nitrogen and oxygen atoms in total. The van der Waals surface area contributed by atoms with E-state index in [0.29, 0.717) is 17.5 Å². The van der Waals surface area contributed by atoms with Crippen LogP contribution in [0.2, 0.25) is 0 Å². The van der Waals surface area contributed by atoms with Crippen molar-refractivity contribution in [2.75, 3.05) is 0 Å². The van der Waals surface area contributed by atoms with Gasteiger partial charge in [0.05, 0.1) is 22.1 Å². The number of benzene rings is 6. The standard InChI is InChI=1S/C50H34N6/c1-4-14-33(15-5-1)34-24-26-36(27-25-34)49-52-48(35-16-6-2-7-17-35)53-50(54-49)37-28-29-47(51-32-37)56-44-23-13-11-21-40(44)42-30-41-39-20-10-12-22-43(39)55(45(41)31-46(42)56)38-18-8-3-9-19-38/h1-24,26,28-32H,25,27H2. The lowest BCUT2D eigenvalue weighted by atomic mass is 9.93. The molecule has 0 atom stereocenters. The third-order valence-electron chi connectivity index (χ3n) is 11.0. The normalized spacial score (nSPS) is 13.1. The molecule has 11 rings (SSSR count). The number of allylic oxidation sites excluding steroid dienone is 4. The summed E-state index contributed by atoms with van der Waals surface area (Å²) in [6.45, 7) is 0. The summed E-state index contributed by atoms with van der Waals surface area (Å²) in [6.07, 6.45) is 8.03. The smallest absolute Gasteiger partial charge is 0.165 e. The molecule has 0 aliphatic heterocycles. The first-order valence-electron chi connectivity index (χ1n) is 19.0. The SMILES string of the molecule is C1=C(c2ccccc2)CCC(c2nc(-c3ccccc3)nc(-c3ccc(-n4c5ccccc5c5cc6c7ccccc7n(-c7ccccc7)c6cc54)nc3)n2)=C1. The lowest BCUT2D eigenvalue weighted by Crippen LogP contribution is -2.05. The minimum atomic E-state index is 0.600. The molecule has 4 heterocycles. The van der Waals surface area contributed by atoms with Crippen LogP contribution in [0.25, 0.3) is 89.0 Å². The van der Waals surface area contributed by atoms with E-state index in [1.54, 1.807) is 0 Å². The molecule has 56 heavy (non-hydrogen) atoms. The van der Waals surface area contributed by atoms with E-state index in [9.17, 15) is 0 Å². The summed E-state index contributed by atoms with van der Waals surface area (Å²) in [5, 5.41) is 4.83. The second-order valence-electron chi connectivity index (χ2n) is 14.3. The van der Waals surface area contributed by atoms with Gasteiger partial charge in [-0.05, 0) is 78.1 Å². The number of hydrogen-bond acceptors (Lipinski definition) is 4. The monoisotopic (exact) mass is 718 g/mol. The quantitative estimate of drug-likeness (QED) is 0.172. The number of rotatable bonds is 6. The van der Waals surface area contributed by atoms with Crippen LogP contribution in [0.1, 0.15) is 24.2 Å². The van der Waals surface area contributed by atoms with Gasteiger partial charge in [0.2, 0.25) is 0 Å². The van der Waals surface area contributed by atoms with E-state index in [4.69, 9.17) is 19.9 Å². The van der Waals surface area contributed by atoms with Crippen LogP contribution < -0.4 is 0 Å². The fourth-order valence-corrected chi connectivity index (χ4v) is 8.26. The van der Waals surface area contributed by atoms with Crippen LogP contribution >= 0.6 is 0 Å².